The number of amides is 6. The van der Waals surface area contributed by atoms with Crippen LogP contribution in [0, 0.1) is 18.3 Å². The molecule has 0 radical (unpaired) electrons. The number of pyridine rings is 2. The number of hydrogen-bond acceptors (Lipinski definition) is 13. The number of fused-ring (bicyclic) bond motifs is 3. The molecule has 20 heteroatoms. The van der Waals surface area contributed by atoms with Crippen molar-refractivity contribution in [2.75, 3.05) is 62.6 Å². The van der Waals surface area contributed by atoms with Gasteiger partial charge in [0.2, 0.25) is 11.8 Å². The second kappa shape index (κ2) is 20.8. The molecule has 2 atom stereocenters. The molecule has 1 spiro atoms. The summed E-state index contributed by atoms with van der Waals surface area (Å²) in [5.41, 5.74) is 1.69. The Kier molecular flexibility index (Phi) is 14.7. The number of aromatic nitrogens is 4. The molecule has 4 aromatic rings. The van der Waals surface area contributed by atoms with Crippen LogP contribution in [-0.2, 0) is 47.3 Å². The third-order valence-corrected chi connectivity index (χ3v) is 13.6. The van der Waals surface area contributed by atoms with Gasteiger partial charge in [-0.25, -0.2) is 24.0 Å². The first-order valence-electron chi connectivity index (χ1n) is 24.6. The Morgan fingerprint density at radius 3 is 2.24 bits per heavy atom. The van der Waals surface area contributed by atoms with Gasteiger partial charge in [0.1, 0.15) is 29.1 Å². The van der Waals surface area contributed by atoms with E-state index in [4.69, 9.17) is 14.2 Å². The normalized spacial score (nSPS) is 18.2. The lowest BCUT2D eigenvalue weighted by Crippen LogP contribution is -2.60. The fourth-order valence-corrected chi connectivity index (χ4v) is 9.78. The Bertz CT molecular complexity index is 2600. The number of anilines is 2. The van der Waals surface area contributed by atoms with Crippen molar-refractivity contribution in [3.8, 4) is 0 Å². The lowest BCUT2D eigenvalue weighted by molar-refractivity contribution is -0.157. The Morgan fingerprint density at radius 2 is 1.56 bits per heavy atom. The maximum atomic E-state index is 15.0. The first-order valence-corrected chi connectivity index (χ1v) is 24.6. The van der Waals surface area contributed by atoms with Gasteiger partial charge in [-0.1, -0.05) is 6.07 Å². The standard InChI is InChI=1S/C51H67N11O9/c1-33-27-35(28-36-31-62(57-41(33)36)32-69-45(65)49(2,3)4)30-39(55-46(66)60-21-14-51(15-22-60)38-9-8-16-53-42(38)56-47(67)70-51)43(63)54-40(29-34-12-19-61(20-13-34)48(68)71-50(5,6)7)44(64)59-25-23-58(24-26-59)37-10-17-52-18-11-37/h8-11,16-18,27-28,31,34,39-40H,12-15,19-26,29-30,32H2,1-7H3,(H,54,63)(H,55,66)(H,53,56,67)/t39-,40+/m1/s1. The summed E-state index contributed by atoms with van der Waals surface area (Å²) in [5, 5.41) is 14.2. The predicted octanol–water partition coefficient (Wildman–Crippen LogP) is 5.73. The van der Waals surface area contributed by atoms with Gasteiger partial charge >= 0.3 is 24.2 Å². The molecule has 3 fully saturated rings. The number of likely N-dealkylation sites (tertiary alicyclic amines) is 2. The number of piperidine rings is 2. The van der Waals surface area contributed by atoms with Crippen molar-refractivity contribution >= 4 is 58.4 Å². The highest BCUT2D eigenvalue weighted by Crippen LogP contribution is 2.42. The Labute approximate surface area is 414 Å². The summed E-state index contributed by atoms with van der Waals surface area (Å²) >= 11 is 0. The fourth-order valence-electron chi connectivity index (χ4n) is 9.78. The molecule has 20 nitrogen and oxygen atoms in total. The molecule has 6 amide bonds. The van der Waals surface area contributed by atoms with E-state index in [2.05, 4.69) is 35.9 Å². The zero-order valence-corrected chi connectivity index (χ0v) is 41.9. The second-order valence-electron chi connectivity index (χ2n) is 21.2. The van der Waals surface area contributed by atoms with E-state index < -0.39 is 46.7 Å². The number of benzene rings is 1. The number of hydrogen-bond donors (Lipinski definition) is 3. The second-order valence-corrected chi connectivity index (χ2v) is 21.2. The molecule has 4 aliphatic rings. The van der Waals surface area contributed by atoms with Crippen molar-refractivity contribution in [1.82, 2.24) is 45.1 Å². The third-order valence-electron chi connectivity index (χ3n) is 13.6. The van der Waals surface area contributed by atoms with E-state index in [1.54, 1.807) is 71.0 Å². The molecule has 3 saturated heterocycles. The van der Waals surface area contributed by atoms with Crippen LogP contribution in [0.3, 0.4) is 0 Å². The molecular formula is C51H67N11O9. The summed E-state index contributed by atoms with van der Waals surface area (Å²) in [6.07, 6.45) is 8.11. The van der Waals surface area contributed by atoms with Gasteiger partial charge in [-0.3, -0.25) is 24.7 Å². The summed E-state index contributed by atoms with van der Waals surface area (Å²) in [4.78, 5) is 98.1. The lowest BCUT2D eigenvalue weighted by Gasteiger charge is -2.43. The van der Waals surface area contributed by atoms with Crippen LogP contribution in [0.4, 0.5) is 25.9 Å². The number of aryl methyl sites for hydroxylation is 1. The van der Waals surface area contributed by atoms with Gasteiger partial charge < -0.3 is 44.4 Å². The average molecular weight is 978 g/mol. The van der Waals surface area contributed by atoms with Gasteiger partial charge in [0.25, 0.3) is 0 Å². The summed E-state index contributed by atoms with van der Waals surface area (Å²) in [5.74, 6) is -0.672. The van der Waals surface area contributed by atoms with Crippen LogP contribution in [-0.4, -0.2) is 140 Å². The molecule has 3 N–H and O–H groups in total. The molecule has 71 heavy (non-hydrogen) atoms. The minimum atomic E-state index is -1.13. The van der Waals surface area contributed by atoms with Crippen LogP contribution < -0.4 is 20.9 Å². The van der Waals surface area contributed by atoms with Gasteiger partial charge in [-0.2, -0.15) is 5.10 Å². The highest BCUT2D eigenvalue weighted by molar-refractivity contribution is 5.93. The smallest absolute Gasteiger partial charge is 0.413 e. The monoisotopic (exact) mass is 978 g/mol. The number of nitrogens with one attached hydrogen (secondary N) is 3. The van der Waals surface area contributed by atoms with E-state index in [0.29, 0.717) is 82.7 Å². The summed E-state index contributed by atoms with van der Waals surface area (Å²) in [6, 6.07) is 8.79. The van der Waals surface area contributed by atoms with Crippen molar-refractivity contribution in [3.63, 3.8) is 0 Å². The van der Waals surface area contributed by atoms with E-state index in [0.717, 1.165) is 27.8 Å². The number of rotatable bonds is 11. The van der Waals surface area contributed by atoms with Crippen molar-refractivity contribution in [2.24, 2.45) is 11.3 Å². The van der Waals surface area contributed by atoms with Crippen molar-refractivity contribution < 1.29 is 43.0 Å². The van der Waals surface area contributed by atoms with Crippen molar-refractivity contribution in [3.05, 3.63) is 77.9 Å². The number of ether oxygens (including phenoxy) is 3. The van der Waals surface area contributed by atoms with E-state index in [-0.39, 0.29) is 50.1 Å². The molecule has 8 rings (SSSR count). The predicted molar refractivity (Wildman–Crippen MR) is 263 cm³/mol. The summed E-state index contributed by atoms with van der Waals surface area (Å²) < 4.78 is 18.6. The number of urea groups is 1. The molecule has 380 valence electrons. The van der Waals surface area contributed by atoms with E-state index in [1.165, 1.54) is 0 Å². The minimum absolute atomic E-state index is 0.00319. The quantitative estimate of drug-likeness (QED) is 0.121. The topological polar surface area (TPSA) is 223 Å². The van der Waals surface area contributed by atoms with E-state index in [1.807, 2.05) is 58.0 Å². The van der Waals surface area contributed by atoms with E-state index >= 15 is 0 Å². The minimum Gasteiger partial charge on any atom is -0.444 e. The first kappa shape index (κ1) is 50.4. The SMILES string of the molecule is Cc1cc(C[C@@H](NC(=O)N2CCC3(CC2)OC(=O)Nc2ncccc23)C(=O)N[C@@H](CC2CCN(C(=O)OC(C)(C)C)CC2)C(=O)N2CCN(c3ccncc3)CC2)cc2cn(COC(=O)C(C)(C)C)nc12. The number of carbonyl (C=O) groups excluding carboxylic acids is 6. The van der Waals surface area contributed by atoms with Gasteiger partial charge in [0, 0.05) is 113 Å². The lowest BCUT2D eigenvalue weighted by atomic mass is 9.83. The summed E-state index contributed by atoms with van der Waals surface area (Å²) in [7, 11) is 0. The largest absolute Gasteiger partial charge is 0.444 e. The van der Waals surface area contributed by atoms with Crippen LogP contribution in [0.25, 0.3) is 10.9 Å². The molecular weight excluding hydrogens is 911 g/mol. The van der Waals surface area contributed by atoms with Gasteiger partial charge in [0.05, 0.1) is 10.9 Å². The highest BCUT2D eigenvalue weighted by atomic mass is 16.6. The highest BCUT2D eigenvalue weighted by Gasteiger charge is 2.46. The van der Waals surface area contributed by atoms with Gasteiger partial charge in [0.15, 0.2) is 6.73 Å². The number of esters is 1. The van der Waals surface area contributed by atoms with Crippen LogP contribution in [0.1, 0.15) is 90.3 Å². The maximum Gasteiger partial charge on any atom is 0.413 e. The van der Waals surface area contributed by atoms with Gasteiger partial charge in [-0.05, 0) is 115 Å². The van der Waals surface area contributed by atoms with Crippen molar-refractivity contribution in [1.29, 1.82) is 0 Å². The third kappa shape index (κ3) is 12.1. The Hall–Kier alpha value is -6.99. The Morgan fingerprint density at radius 1 is 0.859 bits per heavy atom. The number of nitrogens with zero attached hydrogens (tertiary/aromatic N) is 8. The molecule has 1 aromatic carbocycles. The van der Waals surface area contributed by atoms with Gasteiger partial charge in [-0.15, -0.1) is 0 Å². The summed E-state index contributed by atoms with van der Waals surface area (Å²) in [6.45, 7) is 16.1. The first-order chi connectivity index (χ1) is 33.7. The Balaban J connectivity index is 1.03. The number of piperazine rings is 1. The molecule has 0 unspecified atom stereocenters. The fraction of sp³-hybridized carbons (Fsp3) is 0.549. The molecule has 0 bridgehead atoms. The van der Waals surface area contributed by atoms with Crippen LogP contribution in [0.5, 0.6) is 0 Å². The molecule has 7 heterocycles. The van der Waals surface area contributed by atoms with Crippen LogP contribution in [0.15, 0.2) is 61.2 Å². The molecule has 4 aliphatic heterocycles. The zero-order chi connectivity index (χ0) is 50.7. The number of carbonyl (C=O) groups is 6. The van der Waals surface area contributed by atoms with E-state index in [9.17, 15) is 28.8 Å². The maximum absolute atomic E-state index is 15.0. The van der Waals surface area contributed by atoms with Crippen LogP contribution in [0.2, 0.25) is 0 Å². The van der Waals surface area contributed by atoms with Crippen LogP contribution >= 0.6 is 0 Å². The molecule has 0 aliphatic carbocycles. The molecule has 0 saturated carbocycles. The zero-order valence-electron chi connectivity index (χ0n) is 41.9. The van der Waals surface area contributed by atoms with Crippen molar-refractivity contribution in [2.45, 2.75) is 117 Å². The average Bonchev–Trinajstić information content (AvgIpc) is 3.76. The molecule has 3 aromatic heterocycles.